The number of thiazole rings is 1. The number of carbonyl (C=O) groups excluding carboxylic acids is 1. The predicted molar refractivity (Wildman–Crippen MR) is 130 cm³/mol. The van der Waals surface area contributed by atoms with Crippen LogP contribution in [0, 0.1) is 5.82 Å². The molecular formula is C25H21F4N3O3S. The average Bonchev–Trinajstić information content (AvgIpc) is 3.27. The number of alkyl halides is 3. The Morgan fingerprint density at radius 2 is 1.81 bits per heavy atom. The molecule has 36 heavy (non-hydrogen) atoms. The lowest BCUT2D eigenvalue weighted by molar-refractivity contribution is -0.137. The van der Waals surface area contributed by atoms with Gasteiger partial charge < -0.3 is 19.7 Å². The highest BCUT2D eigenvalue weighted by atomic mass is 32.1. The van der Waals surface area contributed by atoms with Gasteiger partial charge in [0, 0.05) is 12.8 Å². The first-order valence-electron chi connectivity index (χ1n) is 10.8. The van der Waals surface area contributed by atoms with Crippen molar-refractivity contribution in [2.24, 2.45) is 0 Å². The summed E-state index contributed by atoms with van der Waals surface area (Å²) in [7, 11) is 1.46. The number of ether oxygens (including phenoxy) is 2. The zero-order chi connectivity index (χ0) is 25.7. The summed E-state index contributed by atoms with van der Waals surface area (Å²) in [6.07, 6.45) is -4.61. The van der Waals surface area contributed by atoms with Crippen LogP contribution in [-0.2, 0) is 15.7 Å². The van der Waals surface area contributed by atoms with E-state index in [1.54, 1.807) is 4.90 Å². The zero-order valence-electron chi connectivity index (χ0n) is 19.0. The number of methoxy groups -OCH3 is 1. The number of hydrogen-bond acceptors (Lipinski definition) is 6. The summed E-state index contributed by atoms with van der Waals surface area (Å²) in [6.45, 7) is 0.00170. The normalized spacial score (nSPS) is 11.5. The molecule has 0 atom stereocenters. The Morgan fingerprint density at radius 1 is 1.06 bits per heavy atom. The summed E-state index contributed by atoms with van der Waals surface area (Å²) in [5, 5.41) is 2.99. The van der Waals surface area contributed by atoms with Crippen molar-refractivity contribution in [3.8, 4) is 5.75 Å². The largest absolute Gasteiger partial charge is 0.489 e. The number of para-hydroxylation sites is 1. The van der Waals surface area contributed by atoms with Crippen LogP contribution in [0.5, 0.6) is 5.75 Å². The van der Waals surface area contributed by atoms with Gasteiger partial charge in [0.1, 0.15) is 24.7 Å². The summed E-state index contributed by atoms with van der Waals surface area (Å²) in [5.74, 6) is -0.995. The number of benzene rings is 3. The van der Waals surface area contributed by atoms with Gasteiger partial charge in [0.05, 0.1) is 28.1 Å². The molecule has 0 saturated carbocycles. The van der Waals surface area contributed by atoms with E-state index in [0.29, 0.717) is 10.8 Å². The van der Waals surface area contributed by atoms with Gasteiger partial charge in [0.25, 0.3) is 0 Å². The first kappa shape index (κ1) is 25.4. The molecule has 0 fully saturated rings. The van der Waals surface area contributed by atoms with E-state index in [2.05, 4.69) is 10.3 Å². The second-order valence-corrected chi connectivity index (χ2v) is 8.63. The van der Waals surface area contributed by atoms with E-state index in [0.717, 1.165) is 28.4 Å². The summed E-state index contributed by atoms with van der Waals surface area (Å²) >= 11 is 1.33. The zero-order valence-corrected chi connectivity index (χ0v) is 19.8. The minimum atomic E-state index is -4.61. The van der Waals surface area contributed by atoms with Crippen LogP contribution < -0.4 is 15.0 Å². The topological polar surface area (TPSA) is 63.7 Å². The van der Waals surface area contributed by atoms with Crippen molar-refractivity contribution in [3.63, 3.8) is 0 Å². The molecule has 1 heterocycles. The molecule has 0 unspecified atom stereocenters. The van der Waals surface area contributed by atoms with Crippen LogP contribution in [0.1, 0.15) is 5.56 Å². The van der Waals surface area contributed by atoms with Gasteiger partial charge in [-0.05, 0) is 54.6 Å². The summed E-state index contributed by atoms with van der Waals surface area (Å²) in [4.78, 5) is 19.2. The number of nitrogens with one attached hydrogen (secondary N) is 1. The monoisotopic (exact) mass is 519 g/mol. The lowest BCUT2D eigenvalue weighted by Gasteiger charge is -2.22. The van der Waals surface area contributed by atoms with Gasteiger partial charge in [-0.3, -0.25) is 4.79 Å². The van der Waals surface area contributed by atoms with Crippen LogP contribution in [0.15, 0.2) is 66.7 Å². The van der Waals surface area contributed by atoms with E-state index >= 15 is 0 Å². The summed E-state index contributed by atoms with van der Waals surface area (Å²) in [6, 6.07) is 15.7. The van der Waals surface area contributed by atoms with Crippen LogP contribution in [0.2, 0.25) is 0 Å². The van der Waals surface area contributed by atoms with Crippen LogP contribution >= 0.6 is 11.3 Å². The van der Waals surface area contributed by atoms with E-state index < -0.39 is 23.5 Å². The van der Waals surface area contributed by atoms with Crippen LogP contribution in [0.4, 0.5) is 34.1 Å². The summed E-state index contributed by atoms with van der Waals surface area (Å²) in [5.41, 5.74) is 0.149. The van der Waals surface area contributed by atoms with Crippen LogP contribution in [0.3, 0.4) is 0 Å². The summed E-state index contributed by atoms with van der Waals surface area (Å²) < 4.78 is 64.8. The van der Waals surface area contributed by atoms with Crippen molar-refractivity contribution in [1.82, 2.24) is 4.98 Å². The van der Waals surface area contributed by atoms with Crippen molar-refractivity contribution < 1.29 is 31.8 Å². The number of hydrogen-bond donors (Lipinski definition) is 1. The van der Waals surface area contributed by atoms with Gasteiger partial charge in [0.2, 0.25) is 5.91 Å². The molecule has 0 radical (unpaired) electrons. The molecule has 0 spiro atoms. The van der Waals surface area contributed by atoms with Gasteiger partial charge in [0.15, 0.2) is 5.13 Å². The average molecular weight is 520 g/mol. The molecule has 1 aromatic heterocycles. The number of rotatable bonds is 9. The molecule has 1 amide bonds. The van der Waals surface area contributed by atoms with Gasteiger partial charge >= 0.3 is 6.18 Å². The standard InChI is InChI=1S/C25H21F4N3O3S/c1-34-12-13-35-21-11-6-16(25(27,28)29)14-20(21)30-23(33)15-32(18-9-7-17(26)8-10-18)24-31-19-4-2-3-5-22(19)36-24/h2-11,14H,12-13,15H2,1H3,(H,30,33). The SMILES string of the molecule is COCCOc1ccc(C(F)(F)F)cc1NC(=O)CN(c1ccc(F)cc1)c1nc2ccccc2s1. The smallest absolute Gasteiger partial charge is 0.416 e. The maximum atomic E-state index is 13.6. The molecule has 188 valence electrons. The van der Waals surface area contributed by atoms with E-state index in [-0.39, 0.29) is 31.2 Å². The molecule has 1 N–H and O–H groups in total. The number of halogens is 4. The molecule has 0 aliphatic heterocycles. The van der Waals surface area contributed by atoms with Crippen molar-refractivity contribution >= 4 is 44.0 Å². The van der Waals surface area contributed by atoms with Crippen LogP contribution in [-0.4, -0.2) is 37.8 Å². The maximum Gasteiger partial charge on any atom is 0.416 e. The Bertz CT molecular complexity index is 1310. The van der Waals surface area contributed by atoms with E-state index in [1.807, 2.05) is 24.3 Å². The first-order chi connectivity index (χ1) is 17.2. The molecule has 6 nitrogen and oxygen atoms in total. The van der Waals surface area contributed by atoms with Crippen LogP contribution in [0.25, 0.3) is 10.2 Å². The number of aromatic nitrogens is 1. The van der Waals surface area contributed by atoms with Crippen molar-refractivity contribution in [2.45, 2.75) is 6.18 Å². The van der Waals surface area contributed by atoms with Crippen molar-refractivity contribution in [1.29, 1.82) is 0 Å². The van der Waals surface area contributed by atoms with Gasteiger partial charge in [-0.15, -0.1) is 0 Å². The highest BCUT2D eigenvalue weighted by Gasteiger charge is 2.31. The molecular weight excluding hydrogens is 498 g/mol. The lowest BCUT2D eigenvalue weighted by atomic mass is 10.1. The van der Waals surface area contributed by atoms with Gasteiger partial charge in [-0.25, -0.2) is 9.37 Å². The van der Waals surface area contributed by atoms with Crippen molar-refractivity contribution in [2.75, 3.05) is 37.1 Å². The fourth-order valence-electron chi connectivity index (χ4n) is 3.36. The second-order valence-electron chi connectivity index (χ2n) is 7.62. The minimum absolute atomic E-state index is 0.0710. The molecule has 0 bridgehead atoms. The number of amides is 1. The minimum Gasteiger partial charge on any atom is -0.489 e. The molecule has 4 rings (SSSR count). The van der Waals surface area contributed by atoms with E-state index in [1.165, 1.54) is 42.7 Å². The molecule has 0 aliphatic rings. The molecule has 11 heteroatoms. The van der Waals surface area contributed by atoms with Crippen molar-refractivity contribution in [3.05, 3.63) is 78.1 Å². The van der Waals surface area contributed by atoms with E-state index in [4.69, 9.17) is 9.47 Å². The third-order valence-corrected chi connectivity index (χ3v) is 6.14. The Kier molecular flexibility index (Phi) is 7.70. The Balaban J connectivity index is 1.63. The maximum absolute atomic E-state index is 13.6. The third-order valence-electron chi connectivity index (χ3n) is 5.08. The molecule has 3 aromatic carbocycles. The number of anilines is 3. The number of carbonyl (C=O) groups is 1. The quantitative estimate of drug-likeness (QED) is 0.209. The fraction of sp³-hybridized carbons (Fsp3) is 0.200. The fourth-order valence-corrected chi connectivity index (χ4v) is 4.35. The Labute approximate surface area is 208 Å². The van der Waals surface area contributed by atoms with E-state index in [9.17, 15) is 22.4 Å². The Morgan fingerprint density at radius 3 is 2.50 bits per heavy atom. The number of nitrogens with zero attached hydrogens (tertiary/aromatic N) is 2. The predicted octanol–water partition coefficient (Wildman–Crippen LogP) is 6.26. The molecule has 0 saturated heterocycles. The van der Waals surface area contributed by atoms with Gasteiger partial charge in [-0.1, -0.05) is 23.5 Å². The first-order valence-corrected chi connectivity index (χ1v) is 11.6. The third kappa shape index (κ3) is 6.10. The lowest BCUT2D eigenvalue weighted by Crippen LogP contribution is -2.30. The van der Waals surface area contributed by atoms with Gasteiger partial charge in [-0.2, -0.15) is 13.2 Å². The molecule has 4 aromatic rings. The second kappa shape index (κ2) is 10.9. The highest BCUT2D eigenvalue weighted by molar-refractivity contribution is 7.22. The highest BCUT2D eigenvalue weighted by Crippen LogP contribution is 2.36. The molecule has 0 aliphatic carbocycles. The number of fused-ring (bicyclic) bond motifs is 1. The Hall–Kier alpha value is -3.70.